The number of nitrogens with zero attached hydrogens (tertiary/aromatic N) is 2. The predicted molar refractivity (Wildman–Crippen MR) is 57.1 cm³/mol. The monoisotopic (exact) mass is 190 g/mol. The number of rotatable bonds is 2. The first-order valence-corrected chi connectivity index (χ1v) is 4.05. The zero-order valence-electron chi connectivity index (χ0n) is 7.34. The van der Waals surface area contributed by atoms with E-state index in [2.05, 4.69) is 23.4 Å². The minimum atomic E-state index is 0.317. The molecular weight excluding hydrogens is 182 g/mol. The summed E-state index contributed by atoms with van der Waals surface area (Å²) in [6.45, 7) is 9.05. The minimum Gasteiger partial charge on any atom is -0.167 e. The molecule has 64 valence electrons. The first-order valence-electron chi connectivity index (χ1n) is 3.68. The van der Waals surface area contributed by atoms with Crippen molar-refractivity contribution in [2.75, 3.05) is 0 Å². The van der Waals surface area contributed by atoms with Crippen LogP contribution in [0, 0.1) is 6.92 Å². The van der Waals surface area contributed by atoms with Crippen molar-refractivity contribution < 1.29 is 0 Å². The minimum absolute atomic E-state index is 0.317. The summed E-state index contributed by atoms with van der Waals surface area (Å²) in [5, 5.41) is 7.99. The van der Waals surface area contributed by atoms with Crippen LogP contribution in [0.3, 0.4) is 0 Å². The van der Waals surface area contributed by atoms with Crippen molar-refractivity contribution in [3.05, 3.63) is 30.0 Å². The largest absolute Gasteiger partial charge is 0.167 e. The predicted octanol–water partition coefficient (Wildman–Crippen LogP) is 1.43. The maximum atomic E-state index is 5.80. The van der Waals surface area contributed by atoms with Crippen molar-refractivity contribution >= 4 is 36.1 Å². The van der Waals surface area contributed by atoms with Gasteiger partial charge in [0.15, 0.2) is 0 Å². The second-order valence-corrected chi connectivity index (χ2v) is 3.02. The van der Waals surface area contributed by atoms with Crippen molar-refractivity contribution in [1.82, 2.24) is 10.2 Å². The highest BCUT2D eigenvalue weighted by Gasteiger charge is 2.09. The van der Waals surface area contributed by atoms with Crippen LogP contribution in [0.25, 0.3) is 11.1 Å². The third-order valence-electron chi connectivity index (χ3n) is 1.69. The molecule has 0 unspecified atom stereocenters. The van der Waals surface area contributed by atoms with Gasteiger partial charge >= 0.3 is 0 Å². The van der Waals surface area contributed by atoms with E-state index in [1.165, 1.54) is 0 Å². The molecule has 2 nitrogen and oxygen atoms in total. The summed E-state index contributed by atoms with van der Waals surface area (Å²) in [7, 11) is 5.59. The Kier molecular flexibility index (Phi) is 2.88. The second-order valence-electron chi connectivity index (χ2n) is 2.57. The Hall–Kier alpha value is -1.09. The Bertz CT molecular complexity index is 374. The highest BCUT2D eigenvalue weighted by atomic mass is 35.5. The molecule has 0 N–H and O–H groups in total. The number of aryl methyl sites for hydroxylation is 1. The molecule has 1 aromatic heterocycles. The normalized spacial score (nSPS) is 9.69. The van der Waals surface area contributed by atoms with Crippen LogP contribution in [-0.4, -0.2) is 18.0 Å². The smallest absolute Gasteiger partial charge is 0.145 e. The van der Waals surface area contributed by atoms with Gasteiger partial charge in [0.2, 0.25) is 0 Å². The van der Waals surface area contributed by atoms with E-state index in [4.69, 9.17) is 19.4 Å². The van der Waals surface area contributed by atoms with Gasteiger partial charge in [-0.15, -0.1) is 0 Å². The quantitative estimate of drug-likeness (QED) is 0.660. The zero-order chi connectivity index (χ0) is 10.0. The average molecular weight is 190 g/mol. The summed E-state index contributed by atoms with van der Waals surface area (Å²) in [4.78, 5) is 0. The molecule has 1 heterocycles. The topological polar surface area (TPSA) is 25.8 Å². The fourth-order valence-electron chi connectivity index (χ4n) is 1.10. The highest BCUT2D eigenvalue weighted by molar-refractivity contribution is 6.49. The summed E-state index contributed by atoms with van der Waals surface area (Å²) in [5.74, 6) is 0. The fourth-order valence-corrected chi connectivity index (χ4v) is 1.34. The number of aromatic nitrogens is 2. The Labute approximate surface area is 83.7 Å². The molecule has 0 spiro atoms. The van der Waals surface area contributed by atoms with E-state index >= 15 is 0 Å². The summed E-state index contributed by atoms with van der Waals surface area (Å²) in [6.07, 6.45) is 1.60. The standard InChI is InChI=1S/C9H8BClN2/c1-4-7-8(5(2)11)6(3)12-13-9(7)10/h4H,1-2H2,3H3. The van der Waals surface area contributed by atoms with E-state index < -0.39 is 0 Å². The zero-order valence-corrected chi connectivity index (χ0v) is 8.10. The van der Waals surface area contributed by atoms with E-state index in [1.807, 2.05) is 0 Å². The van der Waals surface area contributed by atoms with Crippen LogP contribution in [0.1, 0.15) is 16.8 Å². The van der Waals surface area contributed by atoms with Gasteiger partial charge in [0.05, 0.1) is 5.69 Å². The molecule has 0 saturated heterocycles. The molecular formula is C9H8BClN2. The van der Waals surface area contributed by atoms with Crippen molar-refractivity contribution in [2.45, 2.75) is 6.92 Å². The van der Waals surface area contributed by atoms with E-state index in [-0.39, 0.29) is 0 Å². The molecule has 0 atom stereocenters. The third-order valence-corrected chi connectivity index (χ3v) is 1.88. The van der Waals surface area contributed by atoms with Crippen LogP contribution in [-0.2, 0) is 0 Å². The van der Waals surface area contributed by atoms with Gasteiger partial charge in [-0.2, -0.15) is 10.2 Å². The lowest BCUT2D eigenvalue weighted by atomic mass is 9.93. The molecule has 0 saturated carbocycles. The maximum Gasteiger partial charge on any atom is 0.145 e. The van der Waals surface area contributed by atoms with Crippen LogP contribution in [0.15, 0.2) is 13.2 Å². The van der Waals surface area contributed by atoms with Gasteiger partial charge in [-0.05, 0) is 12.5 Å². The van der Waals surface area contributed by atoms with Crippen LogP contribution in [0.5, 0.6) is 0 Å². The van der Waals surface area contributed by atoms with E-state index in [1.54, 1.807) is 13.0 Å². The molecule has 4 heteroatoms. The van der Waals surface area contributed by atoms with Crippen molar-refractivity contribution in [3.8, 4) is 0 Å². The molecule has 1 aromatic rings. The first kappa shape index (κ1) is 10.00. The Morgan fingerprint density at radius 3 is 2.54 bits per heavy atom. The van der Waals surface area contributed by atoms with E-state index in [0.29, 0.717) is 27.4 Å². The second kappa shape index (κ2) is 3.75. The summed E-state index contributed by atoms with van der Waals surface area (Å²) in [6, 6.07) is 0. The van der Waals surface area contributed by atoms with Gasteiger partial charge < -0.3 is 0 Å². The fraction of sp³-hybridized carbons (Fsp3) is 0.111. The van der Waals surface area contributed by atoms with E-state index in [0.717, 1.165) is 0 Å². The van der Waals surface area contributed by atoms with Crippen molar-refractivity contribution in [3.63, 3.8) is 0 Å². The molecule has 0 aromatic carbocycles. The number of halogens is 1. The molecule has 2 radical (unpaired) electrons. The van der Waals surface area contributed by atoms with Gasteiger partial charge in [-0.25, -0.2) is 0 Å². The molecule has 0 aliphatic rings. The maximum absolute atomic E-state index is 5.80. The van der Waals surface area contributed by atoms with Crippen LogP contribution >= 0.6 is 11.6 Å². The van der Waals surface area contributed by atoms with Crippen molar-refractivity contribution in [1.29, 1.82) is 0 Å². The molecule has 0 aliphatic heterocycles. The Morgan fingerprint density at radius 2 is 2.15 bits per heavy atom. The summed E-state index contributed by atoms with van der Waals surface area (Å²) in [5.41, 5.74) is 2.41. The van der Waals surface area contributed by atoms with Crippen LogP contribution in [0.2, 0.25) is 0 Å². The lowest BCUT2D eigenvalue weighted by molar-refractivity contribution is 0.995. The van der Waals surface area contributed by atoms with Crippen LogP contribution < -0.4 is 5.59 Å². The lowest BCUT2D eigenvalue weighted by Gasteiger charge is -2.08. The molecule has 0 amide bonds. The van der Waals surface area contributed by atoms with Gasteiger partial charge in [-0.1, -0.05) is 30.8 Å². The van der Waals surface area contributed by atoms with Gasteiger partial charge in [0.1, 0.15) is 7.85 Å². The third kappa shape index (κ3) is 1.81. The molecule has 0 bridgehead atoms. The number of hydrogen-bond acceptors (Lipinski definition) is 2. The summed E-state index contributed by atoms with van der Waals surface area (Å²) < 4.78 is 0. The van der Waals surface area contributed by atoms with Gasteiger partial charge in [0.25, 0.3) is 0 Å². The molecule has 1 rings (SSSR count). The number of hydrogen-bond donors (Lipinski definition) is 0. The Balaban J connectivity index is 3.52. The summed E-state index contributed by atoms with van der Waals surface area (Å²) >= 11 is 5.80. The first-order chi connectivity index (χ1) is 6.07. The average Bonchev–Trinajstić information content (AvgIpc) is 2.07. The van der Waals surface area contributed by atoms with E-state index in [9.17, 15) is 0 Å². The molecule has 0 fully saturated rings. The molecule has 0 aliphatic carbocycles. The van der Waals surface area contributed by atoms with Crippen LogP contribution in [0.4, 0.5) is 0 Å². The molecule has 13 heavy (non-hydrogen) atoms. The van der Waals surface area contributed by atoms with Gasteiger partial charge in [-0.3, -0.25) is 0 Å². The Morgan fingerprint density at radius 1 is 1.54 bits per heavy atom. The van der Waals surface area contributed by atoms with Gasteiger partial charge in [0, 0.05) is 16.2 Å². The highest BCUT2D eigenvalue weighted by Crippen LogP contribution is 2.22. The van der Waals surface area contributed by atoms with Crippen molar-refractivity contribution in [2.24, 2.45) is 0 Å². The lowest BCUT2D eigenvalue weighted by Crippen LogP contribution is -2.17. The SMILES string of the molecule is [B]c1nnc(C)c(C(=C)Cl)c1C=C.